The van der Waals surface area contributed by atoms with Crippen LogP contribution in [0.5, 0.6) is 0 Å². The van der Waals surface area contributed by atoms with E-state index in [1.165, 1.54) is 0 Å². The molecule has 1 aromatic carbocycles. The van der Waals surface area contributed by atoms with Crippen LogP contribution in [0, 0.1) is 0 Å². The first-order valence-electron chi connectivity index (χ1n) is 8.71. The van der Waals surface area contributed by atoms with E-state index in [1.54, 1.807) is 0 Å². The van der Waals surface area contributed by atoms with Crippen molar-refractivity contribution in [3.63, 3.8) is 0 Å². The standard InChI is InChI=1S/C18H26N4O2/c1-3-23-14-13-21-9-11-22(12-10-21)15(2)17-19-20-18(24-17)16-7-5-4-6-8-16/h4-8,15H,3,9-14H2,1-2H3/t15-/m0/s1. The Labute approximate surface area is 143 Å². The van der Waals surface area contributed by atoms with Crippen molar-refractivity contribution in [2.45, 2.75) is 19.9 Å². The Hall–Kier alpha value is -1.76. The molecule has 1 aliphatic heterocycles. The van der Waals surface area contributed by atoms with Crippen LogP contribution in [0.25, 0.3) is 11.5 Å². The van der Waals surface area contributed by atoms with Crippen molar-refractivity contribution in [3.8, 4) is 11.5 Å². The molecule has 0 N–H and O–H groups in total. The predicted molar refractivity (Wildman–Crippen MR) is 92.7 cm³/mol. The summed E-state index contributed by atoms with van der Waals surface area (Å²) >= 11 is 0. The van der Waals surface area contributed by atoms with Crippen molar-refractivity contribution >= 4 is 0 Å². The highest BCUT2D eigenvalue weighted by molar-refractivity contribution is 5.51. The smallest absolute Gasteiger partial charge is 0.247 e. The summed E-state index contributed by atoms with van der Waals surface area (Å²) in [4.78, 5) is 4.85. The van der Waals surface area contributed by atoms with Gasteiger partial charge in [0.25, 0.3) is 0 Å². The minimum absolute atomic E-state index is 0.143. The molecule has 1 aliphatic rings. The maximum atomic E-state index is 5.89. The average Bonchev–Trinajstić information content (AvgIpc) is 3.13. The average molecular weight is 330 g/mol. The van der Waals surface area contributed by atoms with Crippen LogP contribution in [0.4, 0.5) is 0 Å². The largest absolute Gasteiger partial charge is 0.419 e. The van der Waals surface area contributed by atoms with Crippen LogP contribution in [0.1, 0.15) is 25.8 Å². The highest BCUT2D eigenvalue weighted by Gasteiger charge is 2.25. The fourth-order valence-corrected chi connectivity index (χ4v) is 2.97. The van der Waals surface area contributed by atoms with Gasteiger partial charge in [0.05, 0.1) is 12.6 Å². The van der Waals surface area contributed by atoms with Crippen molar-refractivity contribution in [3.05, 3.63) is 36.2 Å². The van der Waals surface area contributed by atoms with Crippen molar-refractivity contribution < 1.29 is 9.15 Å². The Morgan fingerprint density at radius 2 is 1.88 bits per heavy atom. The molecule has 0 spiro atoms. The molecule has 24 heavy (non-hydrogen) atoms. The second-order valence-electron chi connectivity index (χ2n) is 6.06. The molecule has 3 rings (SSSR count). The van der Waals surface area contributed by atoms with Gasteiger partial charge >= 0.3 is 0 Å². The topological polar surface area (TPSA) is 54.6 Å². The Morgan fingerprint density at radius 1 is 1.12 bits per heavy atom. The van der Waals surface area contributed by atoms with E-state index in [0.717, 1.165) is 51.5 Å². The van der Waals surface area contributed by atoms with E-state index in [1.807, 2.05) is 37.3 Å². The van der Waals surface area contributed by atoms with Crippen LogP contribution in [-0.2, 0) is 4.74 Å². The quantitative estimate of drug-likeness (QED) is 0.727. The van der Waals surface area contributed by atoms with Gasteiger partial charge in [-0.15, -0.1) is 10.2 Å². The molecule has 1 fully saturated rings. The van der Waals surface area contributed by atoms with Crippen LogP contribution in [0.3, 0.4) is 0 Å². The third kappa shape index (κ3) is 4.20. The molecule has 0 unspecified atom stereocenters. The minimum atomic E-state index is 0.143. The highest BCUT2D eigenvalue weighted by atomic mass is 16.5. The molecule has 0 radical (unpaired) electrons. The van der Waals surface area contributed by atoms with Gasteiger partial charge in [-0.1, -0.05) is 18.2 Å². The number of aromatic nitrogens is 2. The van der Waals surface area contributed by atoms with Gasteiger partial charge in [0.1, 0.15) is 0 Å². The van der Waals surface area contributed by atoms with E-state index in [9.17, 15) is 0 Å². The molecule has 1 atom stereocenters. The number of hydrogen-bond donors (Lipinski definition) is 0. The van der Waals surface area contributed by atoms with Crippen LogP contribution < -0.4 is 0 Å². The normalized spacial score (nSPS) is 17.9. The third-order valence-corrected chi connectivity index (χ3v) is 4.53. The molecule has 0 bridgehead atoms. The zero-order chi connectivity index (χ0) is 16.8. The highest BCUT2D eigenvalue weighted by Crippen LogP contribution is 2.24. The lowest BCUT2D eigenvalue weighted by Gasteiger charge is -2.36. The summed E-state index contributed by atoms with van der Waals surface area (Å²) in [6.07, 6.45) is 0. The molecule has 2 heterocycles. The van der Waals surface area contributed by atoms with Crippen LogP contribution in [0.2, 0.25) is 0 Å². The molecule has 130 valence electrons. The lowest BCUT2D eigenvalue weighted by molar-refractivity contribution is 0.0622. The Balaban J connectivity index is 1.54. The lowest BCUT2D eigenvalue weighted by atomic mass is 10.2. The summed E-state index contributed by atoms with van der Waals surface area (Å²) in [5.41, 5.74) is 0.962. The first kappa shape index (κ1) is 17.1. The monoisotopic (exact) mass is 330 g/mol. The molecule has 1 saturated heterocycles. The first-order chi connectivity index (χ1) is 11.8. The van der Waals surface area contributed by atoms with Gasteiger partial charge < -0.3 is 9.15 Å². The molecule has 0 saturated carbocycles. The number of nitrogens with zero attached hydrogens (tertiary/aromatic N) is 4. The maximum Gasteiger partial charge on any atom is 0.247 e. The van der Waals surface area contributed by atoms with Crippen LogP contribution in [-0.4, -0.2) is 65.9 Å². The van der Waals surface area contributed by atoms with Gasteiger partial charge in [0.15, 0.2) is 0 Å². The molecule has 0 amide bonds. The SMILES string of the molecule is CCOCCN1CCN([C@@H](C)c2nnc(-c3ccccc3)o2)CC1. The molecule has 1 aromatic heterocycles. The number of piperazine rings is 1. The number of ether oxygens (including phenoxy) is 1. The summed E-state index contributed by atoms with van der Waals surface area (Å²) in [6, 6.07) is 10.0. The summed E-state index contributed by atoms with van der Waals surface area (Å²) in [7, 11) is 0. The number of rotatable bonds is 7. The summed E-state index contributed by atoms with van der Waals surface area (Å²) in [6.45, 7) is 10.9. The van der Waals surface area contributed by atoms with Crippen molar-refractivity contribution in [1.82, 2.24) is 20.0 Å². The predicted octanol–water partition coefficient (Wildman–Crippen LogP) is 2.45. The molecule has 2 aromatic rings. The van der Waals surface area contributed by atoms with E-state index < -0.39 is 0 Å². The lowest BCUT2D eigenvalue weighted by Crippen LogP contribution is -2.48. The second-order valence-corrected chi connectivity index (χ2v) is 6.06. The summed E-state index contributed by atoms with van der Waals surface area (Å²) in [5, 5.41) is 8.45. The molecule has 6 heteroatoms. The zero-order valence-corrected chi connectivity index (χ0v) is 14.5. The fraction of sp³-hybridized carbons (Fsp3) is 0.556. The fourth-order valence-electron chi connectivity index (χ4n) is 2.97. The third-order valence-electron chi connectivity index (χ3n) is 4.53. The van der Waals surface area contributed by atoms with Gasteiger partial charge in [-0.05, 0) is 26.0 Å². The Bertz CT molecular complexity index is 608. The van der Waals surface area contributed by atoms with Gasteiger partial charge in [0.2, 0.25) is 11.8 Å². The number of hydrogen-bond acceptors (Lipinski definition) is 6. The summed E-state index contributed by atoms with van der Waals surface area (Å²) < 4.78 is 11.3. The number of benzene rings is 1. The molecule has 0 aliphatic carbocycles. The van der Waals surface area contributed by atoms with Crippen LogP contribution in [0.15, 0.2) is 34.7 Å². The molecular weight excluding hydrogens is 304 g/mol. The minimum Gasteiger partial charge on any atom is -0.419 e. The van der Waals surface area contributed by atoms with Crippen molar-refractivity contribution in [2.75, 3.05) is 45.9 Å². The first-order valence-corrected chi connectivity index (χ1v) is 8.71. The van der Waals surface area contributed by atoms with E-state index in [-0.39, 0.29) is 6.04 Å². The zero-order valence-electron chi connectivity index (χ0n) is 14.5. The molecular formula is C18H26N4O2. The van der Waals surface area contributed by atoms with Crippen LogP contribution >= 0.6 is 0 Å². The Kier molecular flexibility index (Phi) is 5.96. The second kappa shape index (κ2) is 8.37. The van der Waals surface area contributed by atoms with Gasteiger partial charge in [-0.2, -0.15) is 0 Å². The van der Waals surface area contributed by atoms with E-state index in [0.29, 0.717) is 11.8 Å². The Morgan fingerprint density at radius 3 is 2.58 bits per heavy atom. The van der Waals surface area contributed by atoms with E-state index in [2.05, 4.69) is 26.9 Å². The maximum absolute atomic E-state index is 5.89. The van der Waals surface area contributed by atoms with Gasteiger partial charge in [0, 0.05) is 44.9 Å². The van der Waals surface area contributed by atoms with Gasteiger partial charge in [-0.25, -0.2) is 0 Å². The summed E-state index contributed by atoms with van der Waals surface area (Å²) in [5.74, 6) is 1.28. The molecule has 6 nitrogen and oxygen atoms in total. The van der Waals surface area contributed by atoms with Crippen molar-refractivity contribution in [2.24, 2.45) is 0 Å². The van der Waals surface area contributed by atoms with E-state index in [4.69, 9.17) is 9.15 Å². The van der Waals surface area contributed by atoms with Crippen molar-refractivity contribution in [1.29, 1.82) is 0 Å². The van der Waals surface area contributed by atoms with E-state index >= 15 is 0 Å². The van der Waals surface area contributed by atoms with Gasteiger partial charge in [-0.3, -0.25) is 9.80 Å².